The molecule has 2 amide bonds. The molecule has 1 aromatic heterocycles. The van der Waals surface area contributed by atoms with Gasteiger partial charge in [-0.25, -0.2) is 0 Å². The second kappa shape index (κ2) is 6.38. The van der Waals surface area contributed by atoms with E-state index >= 15 is 0 Å². The molecule has 21 heavy (non-hydrogen) atoms. The number of amides is 2. The van der Waals surface area contributed by atoms with Crippen molar-refractivity contribution >= 4 is 17.5 Å². The Labute approximate surface area is 121 Å². The topological polar surface area (TPSA) is 106 Å². The number of aryl methyl sites for hydroxylation is 1. The van der Waals surface area contributed by atoms with Gasteiger partial charge in [-0.2, -0.15) is 0 Å². The summed E-state index contributed by atoms with van der Waals surface area (Å²) in [4.78, 5) is 33.7. The van der Waals surface area contributed by atoms with E-state index in [4.69, 9.17) is 0 Å². The molecule has 1 atom stereocenters. The highest BCUT2D eigenvalue weighted by atomic mass is 16.6. The molecule has 114 valence electrons. The van der Waals surface area contributed by atoms with Crippen LogP contribution in [0.2, 0.25) is 0 Å². The van der Waals surface area contributed by atoms with E-state index in [0.29, 0.717) is 25.9 Å². The largest absolute Gasteiger partial charge is 0.354 e. The fourth-order valence-corrected chi connectivity index (χ4v) is 2.33. The average Bonchev–Trinajstić information content (AvgIpc) is 2.86. The number of carbonyl (C=O) groups is 2. The summed E-state index contributed by atoms with van der Waals surface area (Å²) in [6.07, 6.45) is 3.10. The number of carbonyl (C=O) groups excluding carboxylic acids is 2. The van der Waals surface area contributed by atoms with Gasteiger partial charge >= 0.3 is 0 Å². The highest BCUT2D eigenvalue weighted by Crippen LogP contribution is 2.17. The van der Waals surface area contributed by atoms with Gasteiger partial charge in [-0.1, -0.05) is 6.92 Å². The Morgan fingerprint density at radius 3 is 2.95 bits per heavy atom. The summed E-state index contributed by atoms with van der Waals surface area (Å²) in [6.45, 7) is 2.86. The third-order valence-electron chi connectivity index (χ3n) is 3.39. The number of nitrogens with zero attached hydrogens (tertiary/aromatic N) is 2. The van der Waals surface area contributed by atoms with E-state index in [1.54, 1.807) is 4.57 Å². The van der Waals surface area contributed by atoms with E-state index < -0.39 is 4.92 Å². The molecule has 1 aliphatic rings. The lowest BCUT2D eigenvalue weighted by Gasteiger charge is -2.23. The molecule has 0 aromatic carbocycles. The smallest absolute Gasteiger partial charge is 0.287 e. The molecule has 1 aromatic rings. The minimum absolute atomic E-state index is 0.0227. The Morgan fingerprint density at radius 1 is 1.62 bits per heavy atom. The molecule has 0 saturated carbocycles. The first-order chi connectivity index (χ1) is 10.0. The fraction of sp³-hybridized carbons (Fsp3) is 0.538. The summed E-state index contributed by atoms with van der Waals surface area (Å²) in [6, 6.07) is 1.14. The van der Waals surface area contributed by atoms with Crippen LogP contribution in [-0.2, 0) is 11.3 Å². The second-order valence-corrected chi connectivity index (χ2v) is 5.05. The number of rotatable bonds is 5. The SMILES string of the molecule is CCCn1cc([N+](=O)[O-])cc1C(=O)NC1CCC(=O)NC1. The Morgan fingerprint density at radius 2 is 2.38 bits per heavy atom. The van der Waals surface area contributed by atoms with Crippen LogP contribution >= 0.6 is 0 Å². The third kappa shape index (κ3) is 3.59. The highest BCUT2D eigenvalue weighted by molar-refractivity contribution is 5.94. The number of hydrogen-bond donors (Lipinski definition) is 2. The van der Waals surface area contributed by atoms with Gasteiger partial charge in [-0.05, 0) is 12.8 Å². The van der Waals surface area contributed by atoms with E-state index in [1.807, 2.05) is 6.92 Å². The molecule has 8 heteroatoms. The molecule has 2 heterocycles. The van der Waals surface area contributed by atoms with Crippen LogP contribution < -0.4 is 10.6 Å². The van der Waals surface area contributed by atoms with E-state index in [0.717, 1.165) is 6.42 Å². The summed E-state index contributed by atoms with van der Waals surface area (Å²) >= 11 is 0. The van der Waals surface area contributed by atoms with Crippen LogP contribution in [0.1, 0.15) is 36.7 Å². The van der Waals surface area contributed by atoms with Gasteiger partial charge in [0.15, 0.2) is 0 Å². The van der Waals surface area contributed by atoms with Gasteiger partial charge in [0.25, 0.3) is 11.6 Å². The molecule has 1 unspecified atom stereocenters. The zero-order chi connectivity index (χ0) is 15.4. The minimum Gasteiger partial charge on any atom is -0.354 e. The predicted octanol–water partition coefficient (Wildman–Crippen LogP) is 0.815. The Hall–Kier alpha value is -2.38. The number of hydrogen-bond acceptors (Lipinski definition) is 4. The molecule has 1 aliphatic heterocycles. The zero-order valence-corrected chi connectivity index (χ0v) is 11.8. The Kier molecular flexibility index (Phi) is 4.56. The van der Waals surface area contributed by atoms with Crippen LogP contribution in [0.4, 0.5) is 5.69 Å². The lowest BCUT2D eigenvalue weighted by molar-refractivity contribution is -0.384. The molecule has 0 bridgehead atoms. The van der Waals surface area contributed by atoms with Gasteiger partial charge in [0.1, 0.15) is 5.69 Å². The summed E-state index contributed by atoms with van der Waals surface area (Å²) in [5, 5.41) is 16.3. The molecule has 1 saturated heterocycles. The molecule has 0 radical (unpaired) electrons. The maximum absolute atomic E-state index is 12.3. The lowest BCUT2D eigenvalue weighted by atomic mass is 10.1. The molecule has 2 rings (SSSR count). The molecule has 0 aliphatic carbocycles. The van der Waals surface area contributed by atoms with Crippen LogP contribution in [0, 0.1) is 10.1 Å². The number of nitrogens with one attached hydrogen (secondary N) is 2. The first-order valence-electron chi connectivity index (χ1n) is 6.93. The van der Waals surface area contributed by atoms with Gasteiger partial charge in [-0.15, -0.1) is 0 Å². The van der Waals surface area contributed by atoms with Gasteiger partial charge in [-0.3, -0.25) is 19.7 Å². The quantitative estimate of drug-likeness (QED) is 0.619. The second-order valence-electron chi connectivity index (χ2n) is 5.05. The van der Waals surface area contributed by atoms with E-state index in [2.05, 4.69) is 10.6 Å². The average molecular weight is 294 g/mol. The Bertz CT molecular complexity index is 557. The first-order valence-corrected chi connectivity index (χ1v) is 6.93. The maximum Gasteiger partial charge on any atom is 0.287 e. The van der Waals surface area contributed by atoms with Crippen molar-refractivity contribution in [2.75, 3.05) is 6.54 Å². The summed E-state index contributed by atoms with van der Waals surface area (Å²) < 4.78 is 1.59. The first kappa shape index (κ1) is 15.0. The summed E-state index contributed by atoms with van der Waals surface area (Å²) in [5.74, 6) is -0.372. The molecule has 0 spiro atoms. The minimum atomic E-state index is -0.510. The van der Waals surface area contributed by atoms with Crippen molar-refractivity contribution in [1.29, 1.82) is 0 Å². The monoisotopic (exact) mass is 294 g/mol. The number of piperidine rings is 1. The molecule has 2 N–H and O–H groups in total. The summed E-state index contributed by atoms with van der Waals surface area (Å²) in [5.41, 5.74) is 0.186. The van der Waals surface area contributed by atoms with Crippen LogP contribution in [0.25, 0.3) is 0 Å². The standard InChI is InChI=1S/C13H18N4O4/c1-2-5-16-8-10(17(20)21)6-11(16)13(19)15-9-3-4-12(18)14-7-9/h6,8-9H,2-5,7H2,1H3,(H,14,18)(H,15,19). The van der Waals surface area contributed by atoms with Crippen LogP contribution in [0.5, 0.6) is 0 Å². The maximum atomic E-state index is 12.3. The molecule has 8 nitrogen and oxygen atoms in total. The predicted molar refractivity (Wildman–Crippen MR) is 74.9 cm³/mol. The third-order valence-corrected chi connectivity index (χ3v) is 3.39. The molecular formula is C13H18N4O4. The highest BCUT2D eigenvalue weighted by Gasteiger charge is 2.23. The van der Waals surface area contributed by atoms with Crippen molar-refractivity contribution < 1.29 is 14.5 Å². The van der Waals surface area contributed by atoms with Crippen molar-refractivity contribution in [3.05, 3.63) is 28.1 Å². The van der Waals surface area contributed by atoms with E-state index in [9.17, 15) is 19.7 Å². The van der Waals surface area contributed by atoms with Gasteiger partial charge < -0.3 is 15.2 Å². The van der Waals surface area contributed by atoms with Gasteiger partial charge in [0.2, 0.25) is 5.91 Å². The van der Waals surface area contributed by atoms with Crippen LogP contribution in [0.15, 0.2) is 12.3 Å². The molecule has 1 fully saturated rings. The summed E-state index contributed by atoms with van der Waals surface area (Å²) in [7, 11) is 0. The normalized spacial score (nSPS) is 18.1. The lowest BCUT2D eigenvalue weighted by Crippen LogP contribution is -2.48. The van der Waals surface area contributed by atoms with Crippen molar-refractivity contribution in [1.82, 2.24) is 15.2 Å². The van der Waals surface area contributed by atoms with Crippen molar-refractivity contribution in [2.24, 2.45) is 0 Å². The Balaban J connectivity index is 2.10. The van der Waals surface area contributed by atoms with Crippen molar-refractivity contribution in [3.63, 3.8) is 0 Å². The van der Waals surface area contributed by atoms with Crippen LogP contribution in [-0.4, -0.2) is 33.9 Å². The fourth-order valence-electron chi connectivity index (χ4n) is 2.33. The van der Waals surface area contributed by atoms with Crippen molar-refractivity contribution in [3.8, 4) is 0 Å². The number of nitro groups is 1. The molecular weight excluding hydrogens is 276 g/mol. The number of aromatic nitrogens is 1. The van der Waals surface area contributed by atoms with Crippen LogP contribution in [0.3, 0.4) is 0 Å². The van der Waals surface area contributed by atoms with Gasteiger partial charge in [0.05, 0.1) is 11.1 Å². The van der Waals surface area contributed by atoms with E-state index in [1.165, 1.54) is 12.3 Å². The van der Waals surface area contributed by atoms with Gasteiger partial charge in [0, 0.05) is 31.6 Å². The zero-order valence-electron chi connectivity index (χ0n) is 11.8. The van der Waals surface area contributed by atoms with E-state index in [-0.39, 0.29) is 29.2 Å². The van der Waals surface area contributed by atoms with Crippen molar-refractivity contribution in [2.45, 2.75) is 38.8 Å².